The Morgan fingerprint density at radius 2 is 1.28 bits per heavy atom. The number of nitrogens with zero attached hydrogens (tertiary/aromatic N) is 5. The van der Waals surface area contributed by atoms with Gasteiger partial charge in [-0.2, -0.15) is 5.10 Å². The number of hydrogen-bond acceptors (Lipinski definition) is 5. The summed E-state index contributed by atoms with van der Waals surface area (Å²) in [7, 11) is 0. The zero-order valence-electron chi connectivity index (χ0n) is 17.1. The smallest absolute Gasteiger partial charge is 0.350 e. The first kappa shape index (κ1) is 19.1. The van der Waals surface area contributed by atoms with Crippen LogP contribution in [0.5, 0.6) is 5.75 Å². The van der Waals surface area contributed by atoms with E-state index in [0.717, 1.165) is 43.2 Å². The lowest BCUT2D eigenvalue weighted by Gasteiger charge is -2.37. The Morgan fingerprint density at radius 1 is 0.828 bits per heavy atom. The van der Waals surface area contributed by atoms with E-state index in [-0.39, 0.29) is 11.7 Å². The Kier molecular flexibility index (Phi) is 5.05. The van der Waals surface area contributed by atoms with Crippen molar-refractivity contribution in [1.29, 1.82) is 0 Å². The van der Waals surface area contributed by atoms with E-state index in [2.05, 4.69) is 27.0 Å². The fourth-order valence-electron chi connectivity index (χ4n) is 3.82. The highest BCUT2D eigenvalue weighted by Gasteiger charge is 2.18. The maximum absolute atomic E-state index is 12.6. The molecule has 0 spiro atoms. The molecule has 1 fully saturated rings. The zero-order chi connectivity index (χ0) is 20.5. The molecule has 1 saturated heterocycles. The molecular weight excluding hydrogens is 366 g/mol. The Hall–Kier alpha value is -3.22. The molecule has 0 atom stereocenters. The molecule has 7 heteroatoms. The number of aromatic nitrogens is 3. The molecule has 2 heterocycles. The van der Waals surface area contributed by atoms with E-state index in [0.29, 0.717) is 11.6 Å². The fraction of sp³-hybridized carbons (Fsp3) is 0.364. The standard InChI is InChI=1S/C22H27N5O2/c1-16(2)27-22(29)26(17(3)23-27)20-6-4-18(5-7-20)24-12-14-25(15-13-24)19-8-10-21(28)11-9-19/h4-11,16,28H,12-15H2,1-3H3. The van der Waals surface area contributed by atoms with Gasteiger partial charge in [0.2, 0.25) is 0 Å². The van der Waals surface area contributed by atoms with E-state index in [1.165, 1.54) is 4.68 Å². The first-order chi connectivity index (χ1) is 13.9. The van der Waals surface area contributed by atoms with Crippen molar-refractivity contribution in [2.75, 3.05) is 36.0 Å². The maximum atomic E-state index is 12.6. The summed E-state index contributed by atoms with van der Waals surface area (Å²) in [4.78, 5) is 17.3. The second-order valence-electron chi connectivity index (χ2n) is 7.71. The van der Waals surface area contributed by atoms with E-state index in [4.69, 9.17) is 0 Å². The molecule has 3 aromatic rings. The van der Waals surface area contributed by atoms with Gasteiger partial charge in [0.05, 0.1) is 11.7 Å². The number of rotatable bonds is 4. The average Bonchev–Trinajstić information content (AvgIpc) is 3.03. The van der Waals surface area contributed by atoms with E-state index in [1.54, 1.807) is 16.7 Å². The Balaban J connectivity index is 1.47. The molecule has 152 valence electrons. The molecule has 4 rings (SSSR count). The highest BCUT2D eigenvalue weighted by atomic mass is 16.3. The zero-order valence-corrected chi connectivity index (χ0v) is 17.1. The van der Waals surface area contributed by atoms with Gasteiger partial charge in [-0.3, -0.25) is 0 Å². The lowest BCUT2D eigenvalue weighted by atomic mass is 10.2. The third kappa shape index (κ3) is 3.72. The fourth-order valence-corrected chi connectivity index (χ4v) is 3.82. The number of phenols is 1. The van der Waals surface area contributed by atoms with E-state index in [9.17, 15) is 9.90 Å². The summed E-state index contributed by atoms with van der Waals surface area (Å²) in [5.74, 6) is 0.986. The minimum absolute atomic E-state index is 0.0339. The highest BCUT2D eigenvalue weighted by Crippen LogP contribution is 2.23. The van der Waals surface area contributed by atoms with Crippen LogP contribution in [0, 0.1) is 6.92 Å². The topological polar surface area (TPSA) is 66.5 Å². The molecule has 1 aliphatic rings. The predicted molar refractivity (Wildman–Crippen MR) is 115 cm³/mol. The summed E-state index contributed by atoms with van der Waals surface area (Å²) in [5, 5.41) is 13.8. The van der Waals surface area contributed by atoms with Gasteiger partial charge in [0.25, 0.3) is 0 Å². The molecule has 2 aromatic carbocycles. The van der Waals surface area contributed by atoms with Gasteiger partial charge in [-0.05, 0) is 69.3 Å². The number of hydrogen-bond donors (Lipinski definition) is 1. The number of piperazine rings is 1. The molecule has 0 unspecified atom stereocenters. The van der Waals surface area contributed by atoms with Crippen LogP contribution < -0.4 is 15.5 Å². The lowest BCUT2D eigenvalue weighted by Crippen LogP contribution is -2.46. The van der Waals surface area contributed by atoms with Crippen molar-refractivity contribution in [3.63, 3.8) is 0 Å². The molecular formula is C22H27N5O2. The normalized spacial score (nSPS) is 14.6. The van der Waals surface area contributed by atoms with Crippen molar-refractivity contribution >= 4 is 11.4 Å². The van der Waals surface area contributed by atoms with Crippen LogP contribution in [0.3, 0.4) is 0 Å². The van der Waals surface area contributed by atoms with Gasteiger partial charge < -0.3 is 14.9 Å². The number of phenolic OH excluding ortho intramolecular Hbond substituents is 1. The van der Waals surface area contributed by atoms with Crippen molar-refractivity contribution in [1.82, 2.24) is 14.3 Å². The third-order valence-electron chi connectivity index (χ3n) is 5.42. The molecule has 0 radical (unpaired) electrons. The minimum Gasteiger partial charge on any atom is -0.508 e. The maximum Gasteiger partial charge on any atom is 0.350 e. The molecule has 0 bridgehead atoms. The van der Waals surface area contributed by atoms with Gasteiger partial charge in [0.15, 0.2) is 0 Å². The number of benzene rings is 2. The van der Waals surface area contributed by atoms with Gasteiger partial charge in [0, 0.05) is 37.6 Å². The Morgan fingerprint density at radius 3 is 1.72 bits per heavy atom. The molecule has 0 aliphatic carbocycles. The summed E-state index contributed by atoms with van der Waals surface area (Å²) in [6, 6.07) is 15.5. The van der Waals surface area contributed by atoms with Gasteiger partial charge in [0.1, 0.15) is 11.6 Å². The first-order valence-electron chi connectivity index (χ1n) is 10.0. The van der Waals surface area contributed by atoms with E-state index < -0.39 is 0 Å². The van der Waals surface area contributed by atoms with Crippen molar-refractivity contribution in [3.8, 4) is 11.4 Å². The van der Waals surface area contributed by atoms with Crippen molar-refractivity contribution in [2.24, 2.45) is 0 Å². The van der Waals surface area contributed by atoms with Crippen LogP contribution in [0.25, 0.3) is 5.69 Å². The molecule has 1 aliphatic heterocycles. The summed E-state index contributed by atoms with van der Waals surface area (Å²) in [5.41, 5.74) is 3.02. The van der Waals surface area contributed by atoms with Gasteiger partial charge in [-0.1, -0.05) is 0 Å². The van der Waals surface area contributed by atoms with E-state index in [1.807, 2.05) is 45.0 Å². The quantitative estimate of drug-likeness (QED) is 0.738. The van der Waals surface area contributed by atoms with Crippen LogP contribution in [-0.4, -0.2) is 45.6 Å². The SMILES string of the molecule is Cc1nn(C(C)C)c(=O)n1-c1ccc(N2CCN(c3ccc(O)cc3)CC2)cc1. The molecule has 1 aromatic heterocycles. The number of aryl methyl sites for hydroxylation is 1. The monoisotopic (exact) mass is 393 g/mol. The van der Waals surface area contributed by atoms with Crippen LogP contribution in [-0.2, 0) is 0 Å². The van der Waals surface area contributed by atoms with Crippen LogP contribution in [0.1, 0.15) is 25.7 Å². The highest BCUT2D eigenvalue weighted by molar-refractivity contribution is 5.54. The Bertz CT molecular complexity index is 1030. The largest absolute Gasteiger partial charge is 0.508 e. The minimum atomic E-state index is -0.104. The first-order valence-corrected chi connectivity index (χ1v) is 10.0. The number of aromatic hydroxyl groups is 1. The van der Waals surface area contributed by atoms with Crippen molar-refractivity contribution in [3.05, 3.63) is 64.8 Å². The van der Waals surface area contributed by atoms with Gasteiger partial charge >= 0.3 is 5.69 Å². The third-order valence-corrected chi connectivity index (χ3v) is 5.42. The molecule has 7 nitrogen and oxygen atoms in total. The summed E-state index contributed by atoms with van der Waals surface area (Å²) >= 11 is 0. The lowest BCUT2D eigenvalue weighted by molar-refractivity contribution is 0.475. The van der Waals surface area contributed by atoms with Crippen LogP contribution in [0.2, 0.25) is 0 Å². The second-order valence-corrected chi connectivity index (χ2v) is 7.71. The van der Waals surface area contributed by atoms with E-state index >= 15 is 0 Å². The number of anilines is 2. The van der Waals surface area contributed by atoms with Crippen LogP contribution in [0.4, 0.5) is 11.4 Å². The molecule has 0 amide bonds. The van der Waals surface area contributed by atoms with Crippen LogP contribution in [0.15, 0.2) is 53.3 Å². The van der Waals surface area contributed by atoms with Crippen molar-refractivity contribution in [2.45, 2.75) is 26.8 Å². The predicted octanol–water partition coefficient (Wildman–Crippen LogP) is 2.96. The van der Waals surface area contributed by atoms with Gasteiger partial charge in [-0.15, -0.1) is 0 Å². The summed E-state index contributed by atoms with van der Waals surface area (Å²) in [6.07, 6.45) is 0. The average molecular weight is 393 g/mol. The van der Waals surface area contributed by atoms with Gasteiger partial charge in [-0.25, -0.2) is 14.0 Å². The molecule has 1 N–H and O–H groups in total. The summed E-state index contributed by atoms with van der Waals surface area (Å²) in [6.45, 7) is 9.46. The summed E-state index contributed by atoms with van der Waals surface area (Å²) < 4.78 is 3.18. The molecule has 0 saturated carbocycles. The second kappa shape index (κ2) is 7.66. The molecule has 29 heavy (non-hydrogen) atoms. The van der Waals surface area contributed by atoms with Crippen LogP contribution >= 0.6 is 0 Å². The Labute approximate surface area is 170 Å². The van der Waals surface area contributed by atoms with Crippen molar-refractivity contribution < 1.29 is 5.11 Å².